The van der Waals surface area contributed by atoms with Crippen molar-refractivity contribution < 1.29 is 24.2 Å². The number of amides is 3. The Bertz CT molecular complexity index is 1120. The number of ether oxygens (including phenoxy) is 2. The van der Waals surface area contributed by atoms with Gasteiger partial charge in [0.25, 0.3) is 5.91 Å². The smallest absolute Gasteiger partial charge is 0.325 e. The van der Waals surface area contributed by atoms with E-state index >= 15 is 0 Å². The maximum absolute atomic E-state index is 12.3. The lowest BCUT2D eigenvalue weighted by atomic mass is 9.96. The van der Waals surface area contributed by atoms with E-state index < -0.39 is 11.1 Å². The molecule has 4 rings (SSSR count). The molecule has 0 spiro atoms. The van der Waals surface area contributed by atoms with Gasteiger partial charge in [-0.15, -0.1) is 0 Å². The first-order valence-electron chi connectivity index (χ1n) is 13.1. The number of carbonyl (C=O) groups excluding carboxylic acids is 2. The number of likely N-dealkylation sites (tertiary alicyclic amines) is 1. The highest BCUT2D eigenvalue weighted by Crippen LogP contribution is 2.27. The van der Waals surface area contributed by atoms with Gasteiger partial charge in [0.15, 0.2) is 0 Å². The summed E-state index contributed by atoms with van der Waals surface area (Å²) in [7, 11) is 0. The van der Waals surface area contributed by atoms with E-state index in [0.717, 1.165) is 43.8 Å². The summed E-state index contributed by atoms with van der Waals surface area (Å²) in [4.78, 5) is 27.8. The number of nitrogens with zero attached hydrogens (tertiary/aromatic N) is 2. The third-order valence-electron chi connectivity index (χ3n) is 7.19. The predicted octanol–water partition coefficient (Wildman–Crippen LogP) is 3.81. The van der Waals surface area contributed by atoms with Gasteiger partial charge in [0.2, 0.25) is 0 Å². The quantitative estimate of drug-likeness (QED) is 0.500. The Hall–Kier alpha value is -3.10. The summed E-state index contributed by atoms with van der Waals surface area (Å²) in [5, 5.41) is 13.9. The molecular weight excluding hydrogens is 470 g/mol. The zero-order valence-electron chi connectivity index (χ0n) is 22.4. The van der Waals surface area contributed by atoms with Gasteiger partial charge in [-0.1, -0.05) is 29.8 Å². The molecule has 0 aromatic heterocycles. The summed E-state index contributed by atoms with van der Waals surface area (Å²) in [6.45, 7) is 10.7. The molecule has 0 saturated carbocycles. The molecule has 2 aromatic rings. The van der Waals surface area contributed by atoms with E-state index in [2.05, 4.69) is 23.2 Å². The molecule has 0 radical (unpaired) electrons. The summed E-state index contributed by atoms with van der Waals surface area (Å²) in [5.41, 5.74) is 1.76. The number of hydrogen-bond acceptors (Lipinski definition) is 6. The molecule has 2 aliphatic rings. The fourth-order valence-corrected chi connectivity index (χ4v) is 4.94. The average Bonchev–Trinajstić information content (AvgIpc) is 2.95. The summed E-state index contributed by atoms with van der Waals surface area (Å²) in [5.74, 6) is 1.29. The standard InChI is InChI=1S/C29H39N3O5/c1-21-6-11-25(22(2)18-21)37-20-29(35)12-5-14-31(15-13-29)19-23-7-9-24(10-8-23)36-17-16-32-26(33)28(3,4)30-27(32)34/h6-11,18,35H,5,12-17,19-20H2,1-4H3,(H,30,34). The lowest BCUT2D eigenvalue weighted by Crippen LogP contribution is -2.40. The number of aryl methyl sites for hydroxylation is 2. The highest BCUT2D eigenvalue weighted by molar-refractivity contribution is 6.06. The normalized spacial score (nSPS) is 22.0. The van der Waals surface area contributed by atoms with Crippen LogP contribution in [0.1, 0.15) is 49.8 Å². The predicted molar refractivity (Wildman–Crippen MR) is 142 cm³/mol. The third kappa shape index (κ3) is 6.81. The molecule has 200 valence electrons. The SMILES string of the molecule is Cc1ccc(OCC2(O)CCCN(Cc3ccc(OCCN4C(=O)NC(C)(C)C4=O)cc3)CC2)c(C)c1. The van der Waals surface area contributed by atoms with E-state index in [4.69, 9.17) is 9.47 Å². The van der Waals surface area contributed by atoms with Crippen molar-refractivity contribution in [3.63, 3.8) is 0 Å². The van der Waals surface area contributed by atoms with Gasteiger partial charge in [-0.2, -0.15) is 0 Å². The van der Waals surface area contributed by atoms with Crippen molar-refractivity contribution in [2.75, 3.05) is 32.8 Å². The number of carbonyl (C=O) groups is 2. The molecular formula is C29H39N3O5. The van der Waals surface area contributed by atoms with E-state index in [1.54, 1.807) is 13.8 Å². The van der Waals surface area contributed by atoms with Crippen LogP contribution in [0.4, 0.5) is 4.79 Å². The first-order valence-corrected chi connectivity index (χ1v) is 13.1. The number of imide groups is 1. The van der Waals surface area contributed by atoms with Gasteiger partial charge in [-0.05, 0) is 82.8 Å². The Kier molecular flexibility index (Phi) is 8.09. The lowest BCUT2D eigenvalue weighted by molar-refractivity contribution is -0.130. The summed E-state index contributed by atoms with van der Waals surface area (Å²) in [6.07, 6.45) is 2.29. The van der Waals surface area contributed by atoms with Gasteiger partial charge in [0, 0.05) is 13.1 Å². The molecule has 2 aliphatic heterocycles. The van der Waals surface area contributed by atoms with Crippen molar-refractivity contribution in [2.45, 2.75) is 64.6 Å². The highest BCUT2D eigenvalue weighted by Gasteiger charge is 2.43. The highest BCUT2D eigenvalue weighted by atomic mass is 16.5. The van der Waals surface area contributed by atoms with E-state index in [0.29, 0.717) is 18.8 Å². The fourth-order valence-electron chi connectivity index (χ4n) is 4.94. The molecule has 1 unspecified atom stereocenters. The van der Waals surface area contributed by atoms with Crippen molar-refractivity contribution in [3.8, 4) is 11.5 Å². The van der Waals surface area contributed by atoms with Crippen molar-refractivity contribution in [2.24, 2.45) is 0 Å². The number of aliphatic hydroxyl groups is 1. The fraction of sp³-hybridized carbons (Fsp3) is 0.517. The first-order chi connectivity index (χ1) is 17.5. The van der Waals surface area contributed by atoms with Gasteiger partial charge in [-0.25, -0.2) is 4.79 Å². The maximum atomic E-state index is 12.3. The molecule has 8 heteroatoms. The Morgan fingerprint density at radius 2 is 1.76 bits per heavy atom. The van der Waals surface area contributed by atoms with E-state index in [1.807, 2.05) is 43.3 Å². The number of hydrogen-bond donors (Lipinski definition) is 2. The lowest BCUT2D eigenvalue weighted by Gasteiger charge is -2.27. The summed E-state index contributed by atoms with van der Waals surface area (Å²) < 4.78 is 11.8. The molecule has 2 N–H and O–H groups in total. The number of benzene rings is 2. The minimum atomic E-state index is -0.866. The molecule has 2 fully saturated rings. The molecule has 1 atom stereocenters. The molecule has 2 saturated heterocycles. The molecule has 3 amide bonds. The van der Waals surface area contributed by atoms with E-state index in [1.165, 1.54) is 16.0 Å². The van der Waals surface area contributed by atoms with Crippen LogP contribution in [0.3, 0.4) is 0 Å². The van der Waals surface area contributed by atoms with Gasteiger partial charge in [0.05, 0.1) is 12.1 Å². The Morgan fingerprint density at radius 1 is 1.00 bits per heavy atom. The second-order valence-corrected chi connectivity index (χ2v) is 10.9. The first kappa shape index (κ1) is 26.9. The second-order valence-electron chi connectivity index (χ2n) is 10.9. The minimum absolute atomic E-state index is 0.208. The molecule has 37 heavy (non-hydrogen) atoms. The van der Waals surface area contributed by atoms with E-state index in [-0.39, 0.29) is 25.1 Å². The average molecular weight is 510 g/mol. The topological polar surface area (TPSA) is 91.3 Å². The Balaban J connectivity index is 1.22. The zero-order chi connectivity index (χ0) is 26.6. The van der Waals surface area contributed by atoms with Crippen LogP contribution in [0, 0.1) is 13.8 Å². The van der Waals surface area contributed by atoms with Crippen LogP contribution in [0.25, 0.3) is 0 Å². The van der Waals surface area contributed by atoms with Gasteiger partial charge >= 0.3 is 6.03 Å². The molecule has 0 bridgehead atoms. The van der Waals surface area contributed by atoms with Crippen LogP contribution in [0.2, 0.25) is 0 Å². The van der Waals surface area contributed by atoms with Crippen molar-refractivity contribution in [1.29, 1.82) is 0 Å². The van der Waals surface area contributed by atoms with Crippen LogP contribution >= 0.6 is 0 Å². The number of urea groups is 1. The van der Waals surface area contributed by atoms with Gasteiger partial charge in [-0.3, -0.25) is 14.6 Å². The Morgan fingerprint density at radius 3 is 2.43 bits per heavy atom. The van der Waals surface area contributed by atoms with Gasteiger partial charge < -0.3 is 19.9 Å². The largest absolute Gasteiger partial charge is 0.492 e. The van der Waals surface area contributed by atoms with Crippen LogP contribution in [-0.4, -0.2) is 70.8 Å². The van der Waals surface area contributed by atoms with Crippen LogP contribution in [0.15, 0.2) is 42.5 Å². The molecule has 8 nitrogen and oxygen atoms in total. The van der Waals surface area contributed by atoms with E-state index in [9.17, 15) is 14.7 Å². The van der Waals surface area contributed by atoms with Crippen molar-refractivity contribution >= 4 is 11.9 Å². The molecule has 2 heterocycles. The molecule has 2 aromatic carbocycles. The number of nitrogens with one attached hydrogen (secondary N) is 1. The number of rotatable bonds is 9. The Labute approximate surface area is 219 Å². The zero-order valence-corrected chi connectivity index (χ0v) is 22.4. The van der Waals surface area contributed by atoms with Crippen LogP contribution < -0.4 is 14.8 Å². The second kappa shape index (κ2) is 11.1. The van der Waals surface area contributed by atoms with Crippen molar-refractivity contribution in [1.82, 2.24) is 15.1 Å². The third-order valence-corrected chi connectivity index (χ3v) is 7.19. The van der Waals surface area contributed by atoms with Crippen molar-refractivity contribution in [3.05, 3.63) is 59.2 Å². The van der Waals surface area contributed by atoms with Gasteiger partial charge in [0.1, 0.15) is 30.3 Å². The summed E-state index contributed by atoms with van der Waals surface area (Å²) >= 11 is 0. The minimum Gasteiger partial charge on any atom is -0.492 e. The monoisotopic (exact) mass is 509 g/mol. The maximum Gasteiger partial charge on any atom is 0.325 e. The van der Waals surface area contributed by atoms with Crippen LogP contribution in [0.5, 0.6) is 11.5 Å². The summed E-state index contributed by atoms with van der Waals surface area (Å²) in [6, 6.07) is 13.6. The molecule has 0 aliphatic carbocycles. The van der Waals surface area contributed by atoms with Crippen LogP contribution in [-0.2, 0) is 11.3 Å².